The van der Waals surface area contributed by atoms with Gasteiger partial charge < -0.3 is 10.1 Å². The van der Waals surface area contributed by atoms with Gasteiger partial charge in [0.2, 0.25) is 0 Å². The van der Waals surface area contributed by atoms with Gasteiger partial charge in [-0.1, -0.05) is 19.9 Å². The Morgan fingerprint density at radius 3 is 2.90 bits per heavy atom. The van der Waals surface area contributed by atoms with Gasteiger partial charge in [0.1, 0.15) is 5.75 Å². The van der Waals surface area contributed by atoms with E-state index in [1.165, 1.54) is 0 Å². The molecule has 0 unspecified atom stereocenters. The van der Waals surface area contributed by atoms with E-state index >= 15 is 0 Å². The largest absolute Gasteiger partial charge is 0.494 e. The van der Waals surface area contributed by atoms with Gasteiger partial charge in [-0.15, -0.1) is 0 Å². The van der Waals surface area contributed by atoms with Gasteiger partial charge in [-0.25, -0.2) is 0 Å². The maximum atomic E-state index is 12.1. The number of carbonyl (C=O) groups excluding carboxylic acids is 1. The Morgan fingerprint density at radius 2 is 2.20 bits per heavy atom. The molecule has 1 amide bonds. The minimum Gasteiger partial charge on any atom is -0.494 e. The lowest BCUT2D eigenvalue weighted by atomic mass is 10.2. The maximum Gasteiger partial charge on any atom is 0.256 e. The van der Waals surface area contributed by atoms with Gasteiger partial charge in [-0.2, -0.15) is 5.10 Å². The summed E-state index contributed by atoms with van der Waals surface area (Å²) in [5.74, 6) is 1.05. The summed E-state index contributed by atoms with van der Waals surface area (Å²) >= 11 is 0. The Bertz CT molecular complexity index is 578. The fraction of sp³-hybridized carbons (Fsp3) is 0.333. The van der Waals surface area contributed by atoms with E-state index in [-0.39, 0.29) is 5.91 Å². The highest BCUT2D eigenvalue weighted by molar-refractivity contribution is 6.04. The van der Waals surface area contributed by atoms with Crippen LogP contribution in [0.4, 0.5) is 5.82 Å². The van der Waals surface area contributed by atoms with Gasteiger partial charge in [0, 0.05) is 17.3 Å². The van der Waals surface area contributed by atoms with Crippen molar-refractivity contribution in [2.24, 2.45) is 0 Å². The number of H-pyrrole nitrogens is 1. The van der Waals surface area contributed by atoms with E-state index in [0.717, 1.165) is 18.5 Å². The highest BCUT2D eigenvalue weighted by Gasteiger charge is 2.09. The monoisotopic (exact) mass is 273 g/mol. The number of aryl methyl sites for hydroxylation is 1. The van der Waals surface area contributed by atoms with Gasteiger partial charge >= 0.3 is 0 Å². The number of aromatic nitrogens is 2. The normalized spacial score (nSPS) is 10.3. The van der Waals surface area contributed by atoms with Crippen LogP contribution in [0.25, 0.3) is 0 Å². The SMILES string of the molecule is CCCOc1cccc(C(=O)Nc2cc(CC)[nH]n2)c1. The van der Waals surface area contributed by atoms with Crippen LogP contribution in [-0.4, -0.2) is 22.7 Å². The van der Waals surface area contributed by atoms with Crippen molar-refractivity contribution in [2.75, 3.05) is 11.9 Å². The molecule has 2 rings (SSSR count). The molecule has 0 bridgehead atoms. The predicted molar refractivity (Wildman–Crippen MR) is 78.1 cm³/mol. The molecule has 1 aromatic carbocycles. The molecule has 2 N–H and O–H groups in total. The molecule has 1 aromatic heterocycles. The number of anilines is 1. The van der Waals surface area contributed by atoms with Crippen LogP contribution in [0.2, 0.25) is 0 Å². The first-order valence-corrected chi connectivity index (χ1v) is 6.81. The van der Waals surface area contributed by atoms with Gasteiger partial charge in [-0.05, 0) is 31.0 Å². The molecular weight excluding hydrogens is 254 g/mol. The lowest BCUT2D eigenvalue weighted by molar-refractivity contribution is 0.102. The summed E-state index contributed by atoms with van der Waals surface area (Å²) in [4.78, 5) is 12.1. The molecule has 0 fully saturated rings. The van der Waals surface area contributed by atoms with Crippen molar-refractivity contribution in [3.8, 4) is 5.75 Å². The van der Waals surface area contributed by atoms with Gasteiger partial charge in [0.05, 0.1) is 6.61 Å². The summed E-state index contributed by atoms with van der Waals surface area (Å²) in [5, 5.41) is 9.66. The Kier molecular flexibility index (Phi) is 4.76. The molecule has 0 radical (unpaired) electrons. The molecule has 106 valence electrons. The summed E-state index contributed by atoms with van der Waals surface area (Å²) in [5.41, 5.74) is 1.54. The summed E-state index contributed by atoms with van der Waals surface area (Å²) in [7, 11) is 0. The summed E-state index contributed by atoms with van der Waals surface area (Å²) in [6.45, 7) is 4.71. The first-order chi connectivity index (χ1) is 9.72. The number of hydrogen-bond acceptors (Lipinski definition) is 3. The molecule has 5 heteroatoms. The number of rotatable bonds is 6. The standard InChI is InChI=1S/C15H19N3O2/c1-3-8-20-13-7-5-6-11(9-13)15(19)16-14-10-12(4-2)17-18-14/h5-7,9-10H,3-4,8H2,1-2H3,(H2,16,17,18,19). The number of ether oxygens (including phenoxy) is 1. The number of carbonyl (C=O) groups is 1. The molecule has 1 heterocycles. The Hall–Kier alpha value is -2.30. The van der Waals surface area contributed by atoms with Crippen molar-refractivity contribution in [1.82, 2.24) is 10.2 Å². The van der Waals surface area contributed by atoms with Crippen molar-refractivity contribution < 1.29 is 9.53 Å². The molecule has 0 aliphatic heterocycles. The maximum absolute atomic E-state index is 12.1. The molecule has 0 saturated heterocycles. The van der Waals surface area contributed by atoms with E-state index in [1.807, 2.05) is 32.0 Å². The second-order valence-electron chi connectivity index (χ2n) is 4.46. The molecule has 20 heavy (non-hydrogen) atoms. The Balaban J connectivity index is 2.04. The number of benzene rings is 1. The fourth-order valence-corrected chi connectivity index (χ4v) is 1.74. The minimum absolute atomic E-state index is 0.193. The van der Waals surface area contributed by atoms with Crippen LogP contribution < -0.4 is 10.1 Å². The van der Waals surface area contributed by atoms with Crippen LogP contribution in [0.1, 0.15) is 36.3 Å². The Labute approximate surface area is 118 Å². The van der Waals surface area contributed by atoms with Crippen LogP contribution >= 0.6 is 0 Å². The molecule has 2 aromatic rings. The van der Waals surface area contributed by atoms with Gasteiger partial charge in [0.25, 0.3) is 5.91 Å². The Morgan fingerprint density at radius 1 is 1.35 bits per heavy atom. The van der Waals surface area contributed by atoms with Crippen LogP contribution in [0.5, 0.6) is 5.75 Å². The van der Waals surface area contributed by atoms with E-state index in [2.05, 4.69) is 15.5 Å². The highest BCUT2D eigenvalue weighted by atomic mass is 16.5. The highest BCUT2D eigenvalue weighted by Crippen LogP contribution is 2.15. The number of hydrogen-bond donors (Lipinski definition) is 2. The molecule has 5 nitrogen and oxygen atoms in total. The smallest absolute Gasteiger partial charge is 0.256 e. The van der Waals surface area contributed by atoms with Crippen LogP contribution in [0.15, 0.2) is 30.3 Å². The molecule has 0 atom stereocenters. The summed E-state index contributed by atoms with van der Waals surface area (Å²) in [6.07, 6.45) is 1.78. The zero-order valence-electron chi connectivity index (χ0n) is 11.8. The molecule has 0 spiro atoms. The van der Waals surface area contributed by atoms with Gasteiger partial charge in [0.15, 0.2) is 5.82 Å². The average Bonchev–Trinajstić information content (AvgIpc) is 2.93. The lowest BCUT2D eigenvalue weighted by Crippen LogP contribution is -2.12. The molecule has 0 aliphatic rings. The van der Waals surface area contributed by atoms with E-state index in [9.17, 15) is 4.79 Å². The fourth-order valence-electron chi connectivity index (χ4n) is 1.74. The van der Waals surface area contributed by atoms with E-state index in [0.29, 0.717) is 23.7 Å². The first-order valence-electron chi connectivity index (χ1n) is 6.81. The molecule has 0 aliphatic carbocycles. The minimum atomic E-state index is -0.193. The van der Waals surface area contributed by atoms with Crippen LogP contribution in [0.3, 0.4) is 0 Å². The van der Waals surface area contributed by atoms with Crippen LogP contribution in [-0.2, 0) is 6.42 Å². The second-order valence-corrected chi connectivity index (χ2v) is 4.46. The lowest BCUT2D eigenvalue weighted by Gasteiger charge is -2.06. The van der Waals surface area contributed by atoms with E-state index in [1.54, 1.807) is 12.1 Å². The summed E-state index contributed by atoms with van der Waals surface area (Å²) < 4.78 is 5.52. The number of aromatic amines is 1. The zero-order chi connectivity index (χ0) is 14.4. The van der Waals surface area contributed by atoms with Crippen molar-refractivity contribution in [3.05, 3.63) is 41.6 Å². The third kappa shape index (κ3) is 3.60. The average molecular weight is 273 g/mol. The zero-order valence-corrected chi connectivity index (χ0v) is 11.8. The number of nitrogens with zero attached hydrogens (tertiary/aromatic N) is 1. The number of nitrogens with one attached hydrogen (secondary N) is 2. The second kappa shape index (κ2) is 6.75. The summed E-state index contributed by atoms with van der Waals surface area (Å²) in [6, 6.07) is 8.97. The molecular formula is C15H19N3O2. The third-order valence-corrected chi connectivity index (χ3v) is 2.82. The van der Waals surface area contributed by atoms with E-state index in [4.69, 9.17) is 4.74 Å². The van der Waals surface area contributed by atoms with Crippen molar-refractivity contribution in [2.45, 2.75) is 26.7 Å². The van der Waals surface area contributed by atoms with Crippen molar-refractivity contribution in [3.63, 3.8) is 0 Å². The van der Waals surface area contributed by atoms with Crippen molar-refractivity contribution >= 4 is 11.7 Å². The van der Waals surface area contributed by atoms with Gasteiger partial charge in [-0.3, -0.25) is 9.89 Å². The predicted octanol–water partition coefficient (Wildman–Crippen LogP) is 3.01. The molecule has 0 saturated carbocycles. The number of amides is 1. The quantitative estimate of drug-likeness (QED) is 0.850. The van der Waals surface area contributed by atoms with Crippen LogP contribution in [0, 0.1) is 0 Å². The first kappa shape index (κ1) is 14.1. The van der Waals surface area contributed by atoms with Crippen molar-refractivity contribution in [1.29, 1.82) is 0 Å². The topological polar surface area (TPSA) is 67.0 Å². The third-order valence-electron chi connectivity index (χ3n) is 2.82. The van der Waals surface area contributed by atoms with E-state index < -0.39 is 0 Å².